The molecule has 2 saturated heterocycles. The van der Waals surface area contributed by atoms with Gasteiger partial charge >= 0.3 is 0 Å². The minimum absolute atomic E-state index is 0.0481. The van der Waals surface area contributed by atoms with Crippen LogP contribution in [-0.2, 0) is 0 Å². The van der Waals surface area contributed by atoms with Crippen molar-refractivity contribution in [2.75, 3.05) is 13.1 Å². The van der Waals surface area contributed by atoms with Gasteiger partial charge in [0.05, 0.1) is 6.10 Å². The molecule has 18 heavy (non-hydrogen) atoms. The molecule has 0 aromatic heterocycles. The highest BCUT2D eigenvalue weighted by atomic mass is 16.3. The van der Waals surface area contributed by atoms with E-state index in [0.29, 0.717) is 23.5 Å². The quantitative estimate of drug-likeness (QED) is 0.788. The Morgan fingerprint density at radius 3 is 2.33 bits per heavy atom. The molecule has 0 amide bonds. The summed E-state index contributed by atoms with van der Waals surface area (Å²) in [6.45, 7) is 11.4. The number of nitrogens with zero attached hydrogens (tertiary/aromatic N) is 1. The van der Waals surface area contributed by atoms with Crippen molar-refractivity contribution in [3.05, 3.63) is 0 Å². The first-order valence-corrected chi connectivity index (χ1v) is 7.61. The van der Waals surface area contributed by atoms with Gasteiger partial charge in [0, 0.05) is 24.7 Å². The molecule has 0 aliphatic carbocycles. The lowest BCUT2D eigenvalue weighted by atomic mass is 9.83. The van der Waals surface area contributed by atoms with E-state index >= 15 is 0 Å². The molecule has 3 heteroatoms. The highest BCUT2D eigenvalue weighted by molar-refractivity contribution is 4.98. The zero-order valence-corrected chi connectivity index (χ0v) is 12.4. The van der Waals surface area contributed by atoms with Crippen molar-refractivity contribution in [2.45, 2.75) is 77.6 Å². The maximum absolute atomic E-state index is 9.86. The van der Waals surface area contributed by atoms with Crippen molar-refractivity contribution in [3.8, 4) is 0 Å². The van der Waals surface area contributed by atoms with Gasteiger partial charge in [-0.2, -0.15) is 0 Å². The summed E-state index contributed by atoms with van der Waals surface area (Å²) in [5.74, 6) is 0. The number of fused-ring (bicyclic) bond motifs is 2. The summed E-state index contributed by atoms with van der Waals surface area (Å²) in [5, 5.41) is 13.4. The van der Waals surface area contributed by atoms with Gasteiger partial charge in [-0.05, 0) is 44.6 Å². The van der Waals surface area contributed by atoms with Crippen LogP contribution in [-0.4, -0.2) is 47.3 Å². The van der Waals surface area contributed by atoms with Crippen LogP contribution in [0.4, 0.5) is 0 Å². The Kier molecular flexibility index (Phi) is 4.35. The summed E-state index contributed by atoms with van der Waals surface area (Å²) in [4.78, 5) is 2.68. The topological polar surface area (TPSA) is 35.5 Å². The van der Waals surface area contributed by atoms with Crippen LogP contribution in [0.25, 0.3) is 0 Å². The van der Waals surface area contributed by atoms with E-state index in [-0.39, 0.29) is 6.10 Å². The zero-order valence-electron chi connectivity index (χ0n) is 12.4. The van der Waals surface area contributed by atoms with Crippen molar-refractivity contribution in [1.29, 1.82) is 0 Å². The second-order valence-electron chi connectivity index (χ2n) is 6.95. The van der Waals surface area contributed by atoms with Gasteiger partial charge in [-0.1, -0.05) is 20.8 Å². The lowest BCUT2D eigenvalue weighted by molar-refractivity contribution is 0.00993. The largest absolute Gasteiger partial charge is 0.393 e. The number of aliphatic hydroxyl groups excluding tert-OH is 1. The molecule has 0 aromatic rings. The summed E-state index contributed by atoms with van der Waals surface area (Å²) in [7, 11) is 0. The van der Waals surface area contributed by atoms with Crippen LogP contribution in [0, 0.1) is 5.41 Å². The molecule has 2 aliphatic rings. The van der Waals surface area contributed by atoms with Crippen LogP contribution >= 0.6 is 0 Å². The SMILES string of the molecule is CCNC(C)C(C)(C)CN1C2CCC1CC(O)C2. The fraction of sp³-hybridized carbons (Fsp3) is 1.00. The Morgan fingerprint density at radius 1 is 1.28 bits per heavy atom. The highest BCUT2D eigenvalue weighted by Crippen LogP contribution is 2.38. The van der Waals surface area contributed by atoms with Crippen LogP contribution in [0.5, 0.6) is 0 Å². The molecule has 0 radical (unpaired) electrons. The van der Waals surface area contributed by atoms with E-state index in [9.17, 15) is 5.11 Å². The van der Waals surface area contributed by atoms with Crippen molar-refractivity contribution in [3.63, 3.8) is 0 Å². The number of aliphatic hydroxyl groups is 1. The number of hydrogen-bond donors (Lipinski definition) is 2. The van der Waals surface area contributed by atoms with E-state index in [1.165, 1.54) is 12.8 Å². The molecule has 2 rings (SSSR count). The average molecular weight is 254 g/mol. The standard InChI is InChI=1S/C15H30N2O/c1-5-16-11(2)15(3,4)10-17-12-6-7-13(17)9-14(18)8-12/h11-14,16,18H,5-10H2,1-4H3. The van der Waals surface area contributed by atoms with Gasteiger partial charge in [-0.15, -0.1) is 0 Å². The van der Waals surface area contributed by atoms with Gasteiger partial charge in [-0.25, -0.2) is 0 Å². The van der Waals surface area contributed by atoms with Crippen LogP contribution in [0.2, 0.25) is 0 Å². The number of rotatable bonds is 5. The Hall–Kier alpha value is -0.120. The number of piperidine rings is 1. The van der Waals surface area contributed by atoms with Gasteiger partial charge in [0.1, 0.15) is 0 Å². The summed E-state index contributed by atoms with van der Waals surface area (Å²) in [5.41, 5.74) is 0.291. The molecule has 106 valence electrons. The molecule has 3 unspecified atom stereocenters. The normalized spacial score (nSPS) is 34.8. The minimum Gasteiger partial charge on any atom is -0.393 e. The summed E-state index contributed by atoms with van der Waals surface area (Å²) in [6, 6.07) is 1.80. The molecule has 3 nitrogen and oxygen atoms in total. The maximum atomic E-state index is 9.86. The number of hydrogen-bond acceptors (Lipinski definition) is 3. The highest BCUT2D eigenvalue weighted by Gasteiger charge is 2.42. The van der Waals surface area contributed by atoms with Gasteiger partial charge in [0.2, 0.25) is 0 Å². The summed E-state index contributed by atoms with van der Waals surface area (Å²) in [6.07, 6.45) is 4.50. The van der Waals surface area contributed by atoms with Gasteiger partial charge in [0.25, 0.3) is 0 Å². The molecule has 0 aromatic carbocycles. The van der Waals surface area contributed by atoms with E-state index in [0.717, 1.165) is 25.9 Å². The Morgan fingerprint density at radius 2 is 1.83 bits per heavy atom. The van der Waals surface area contributed by atoms with Crippen molar-refractivity contribution in [2.24, 2.45) is 5.41 Å². The maximum Gasteiger partial charge on any atom is 0.0570 e. The third-order valence-corrected chi connectivity index (χ3v) is 5.13. The van der Waals surface area contributed by atoms with Crippen molar-refractivity contribution in [1.82, 2.24) is 10.2 Å². The molecular weight excluding hydrogens is 224 g/mol. The van der Waals surface area contributed by atoms with Crippen LogP contribution in [0.1, 0.15) is 53.4 Å². The number of nitrogens with one attached hydrogen (secondary N) is 1. The third-order valence-electron chi connectivity index (χ3n) is 5.13. The third kappa shape index (κ3) is 2.89. The second-order valence-corrected chi connectivity index (χ2v) is 6.95. The smallest absolute Gasteiger partial charge is 0.0570 e. The van der Waals surface area contributed by atoms with E-state index in [4.69, 9.17) is 0 Å². The molecule has 2 heterocycles. The van der Waals surface area contributed by atoms with E-state index in [1.54, 1.807) is 0 Å². The monoisotopic (exact) mass is 254 g/mol. The van der Waals surface area contributed by atoms with Crippen LogP contribution in [0.3, 0.4) is 0 Å². The molecule has 2 aliphatic heterocycles. The van der Waals surface area contributed by atoms with E-state index in [1.807, 2.05) is 0 Å². The minimum atomic E-state index is -0.0481. The van der Waals surface area contributed by atoms with Crippen molar-refractivity contribution >= 4 is 0 Å². The summed E-state index contributed by atoms with van der Waals surface area (Å²) >= 11 is 0. The molecule has 0 spiro atoms. The lowest BCUT2D eigenvalue weighted by Crippen LogP contribution is -2.52. The van der Waals surface area contributed by atoms with Gasteiger partial charge < -0.3 is 10.4 Å². The van der Waals surface area contributed by atoms with Crippen molar-refractivity contribution < 1.29 is 5.11 Å². The molecular formula is C15H30N2O. The molecule has 2 bridgehead atoms. The zero-order chi connectivity index (χ0) is 13.3. The first-order chi connectivity index (χ1) is 8.44. The molecule has 2 fully saturated rings. The second kappa shape index (κ2) is 5.48. The lowest BCUT2D eigenvalue weighted by Gasteiger charge is -2.44. The Balaban J connectivity index is 1.97. The fourth-order valence-corrected chi connectivity index (χ4v) is 3.69. The van der Waals surface area contributed by atoms with Gasteiger partial charge in [0.15, 0.2) is 0 Å². The van der Waals surface area contributed by atoms with Crippen LogP contribution in [0.15, 0.2) is 0 Å². The Bertz CT molecular complexity index is 266. The predicted octanol–water partition coefficient (Wildman–Crippen LogP) is 2.00. The molecule has 3 atom stereocenters. The average Bonchev–Trinajstić information content (AvgIpc) is 2.53. The first kappa shape index (κ1) is 14.3. The predicted molar refractivity (Wildman–Crippen MR) is 75.7 cm³/mol. The summed E-state index contributed by atoms with van der Waals surface area (Å²) < 4.78 is 0. The van der Waals surface area contributed by atoms with E-state index < -0.39 is 0 Å². The van der Waals surface area contributed by atoms with Crippen LogP contribution < -0.4 is 5.32 Å². The molecule has 2 N–H and O–H groups in total. The van der Waals surface area contributed by atoms with Gasteiger partial charge in [-0.3, -0.25) is 4.90 Å². The Labute approximate surface area is 112 Å². The van der Waals surface area contributed by atoms with E-state index in [2.05, 4.69) is 37.9 Å². The molecule has 0 saturated carbocycles. The fourth-order valence-electron chi connectivity index (χ4n) is 3.69. The first-order valence-electron chi connectivity index (χ1n) is 7.61.